The SMILES string of the molecule is CC1NCCN(C(=O)CCC(=O)c2ccc(F)c(F)c2)C1C.Cl. The minimum Gasteiger partial charge on any atom is -0.337 e. The van der Waals surface area contributed by atoms with E-state index in [9.17, 15) is 18.4 Å². The normalized spacial score (nSPS) is 20.8. The molecule has 1 amide bonds. The highest BCUT2D eigenvalue weighted by Gasteiger charge is 2.28. The summed E-state index contributed by atoms with van der Waals surface area (Å²) in [6.45, 7) is 5.32. The van der Waals surface area contributed by atoms with Gasteiger partial charge in [-0.15, -0.1) is 12.4 Å². The number of amides is 1. The molecule has 0 aromatic heterocycles. The molecule has 4 nitrogen and oxygen atoms in total. The van der Waals surface area contributed by atoms with Gasteiger partial charge in [0.1, 0.15) is 0 Å². The van der Waals surface area contributed by atoms with Gasteiger partial charge < -0.3 is 10.2 Å². The highest BCUT2D eigenvalue weighted by molar-refractivity contribution is 5.98. The van der Waals surface area contributed by atoms with Gasteiger partial charge in [0.05, 0.1) is 0 Å². The molecule has 1 aliphatic heterocycles. The van der Waals surface area contributed by atoms with Crippen LogP contribution in [0.1, 0.15) is 37.0 Å². The van der Waals surface area contributed by atoms with Crippen LogP contribution in [0.5, 0.6) is 0 Å². The minimum absolute atomic E-state index is 0. The standard InChI is InChI=1S/C16H20F2N2O2.ClH/c1-10-11(2)20(8-7-19-10)16(22)6-5-15(21)12-3-4-13(17)14(18)9-12;/h3-4,9-11,19H,5-8H2,1-2H3;1H. The van der Waals surface area contributed by atoms with Crippen molar-refractivity contribution >= 4 is 24.1 Å². The first-order valence-corrected chi connectivity index (χ1v) is 7.41. The quantitative estimate of drug-likeness (QED) is 0.852. The highest BCUT2D eigenvalue weighted by Crippen LogP contribution is 2.14. The van der Waals surface area contributed by atoms with E-state index in [1.54, 1.807) is 4.90 Å². The average Bonchev–Trinajstić information content (AvgIpc) is 2.50. The zero-order chi connectivity index (χ0) is 16.3. The van der Waals surface area contributed by atoms with Crippen molar-refractivity contribution in [2.75, 3.05) is 13.1 Å². The number of ketones is 1. The van der Waals surface area contributed by atoms with Gasteiger partial charge in [-0.1, -0.05) is 0 Å². The first kappa shape index (κ1) is 19.5. The topological polar surface area (TPSA) is 49.4 Å². The summed E-state index contributed by atoms with van der Waals surface area (Å²) in [5.41, 5.74) is 0.0911. The van der Waals surface area contributed by atoms with Gasteiger partial charge in [0.15, 0.2) is 17.4 Å². The number of benzene rings is 1. The molecule has 1 aliphatic rings. The minimum atomic E-state index is -1.05. The Labute approximate surface area is 140 Å². The fourth-order valence-corrected chi connectivity index (χ4v) is 2.59. The summed E-state index contributed by atoms with van der Waals surface area (Å²) >= 11 is 0. The summed E-state index contributed by atoms with van der Waals surface area (Å²) in [6.07, 6.45) is 0.0732. The Morgan fingerprint density at radius 2 is 1.91 bits per heavy atom. The third kappa shape index (κ3) is 4.72. The Bertz CT molecular complexity index is 583. The molecule has 2 atom stereocenters. The number of Topliss-reactive ketones (excluding diaryl/α,β-unsaturated/α-hetero) is 1. The zero-order valence-corrected chi connectivity index (χ0v) is 14.0. The Morgan fingerprint density at radius 3 is 2.57 bits per heavy atom. The molecule has 0 spiro atoms. The molecule has 1 aromatic carbocycles. The molecule has 1 fully saturated rings. The van der Waals surface area contributed by atoms with Gasteiger partial charge in [-0.3, -0.25) is 9.59 Å². The molecule has 1 aromatic rings. The van der Waals surface area contributed by atoms with Gasteiger partial charge in [-0.25, -0.2) is 8.78 Å². The van der Waals surface area contributed by atoms with Gasteiger partial charge in [-0.05, 0) is 32.0 Å². The summed E-state index contributed by atoms with van der Waals surface area (Å²) < 4.78 is 26.0. The number of hydrogen-bond acceptors (Lipinski definition) is 3. The smallest absolute Gasteiger partial charge is 0.223 e. The summed E-state index contributed by atoms with van der Waals surface area (Å²) in [5, 5.41) is 3.28. The van der Waals surface area contributed by atoms with Crippen LogP contribution in [0.25, 0.3) is 0 Å². The van der Waals surface area contributed by atoms with Crippen molar-refractivity contribution in [2.24, 2.45) is 0 Å². The van der Waals surface area contributed by atoms with Gasteiger partial charge in [0, 0.05) is 43.6 Å². The Morgan fingerprint density at radius 1 is 1.22 bits per heavy atom. The molecule has 7 heteroatoms. The van der Waals surface area contributed by atoms with Crippen molar-refractivity contribution in [1.29, 1.82) is 0 Å². The number of nitrogens with zero attached hydrogens (tertiary/aromatic N) is 1. The number of carbonyl (C=O) groups excluding carboxylic acids is 2. The van der Waals surface area contributed by atoms with Crippen LogP contribution in [0, 0.1) is 11.6 Å². The van der Waals surface area contributed by atoms with Crippen molar-refractivity contribution in [1.82, 2.24) is 10.2 Å². The number of hydrogen-bond donors (Lipinski definition) is 1. The summed E-state index contributed by atoms with van der Waals surface area (Å²) in [5.74, 6) is -2.49. The van der Waals surface area contributed by atoms with Gasteiger partial charge in [0.25, 0.3) is 0 Å². The van der Waals surface area contributed by atoms with E-state index in [2.05, 4.69) is 5.32 Å². The zero-order valence-electron chi connectivity index (χ0n) is 13.1. The highest BCUT2D eigenvalue weighted by atomic mass is 35.5. The van der Waals surface area contributed by atoms with Crippen LogP contribution in [0.15, 0.2) is 18.2 Å². The van der Waals surface area contributed by atoms with Crippen LogP contribution < -0.4 is 5.32 Å². The maximum absolute atomic E-state index is 13.1. The number of nitrogens with one attached hydrogen (secondary N) is 1. The molecular formula is C16H21ClF2N2O2. The largest absolute Gasteiger partial charge is 0.337 e. The second kappa shape index (κ2) is 8.36. The third-order valence-corrected chi connectivity index (χ3v) is 4.16. The molecule has 2 rings (SSSR count). The maximum Gasteiger partial charge on any atom is 0.223 e. The Kier molecular flexibility index (Phi) is 7.09. The maximum atomic E-state index is 13.1. The fraction of sp³-hybridized carbons (Fsp3) is 0.500. The number of rotatable bonds is 4. The van der Waals surface area contributed by atoms with E-state index in [1.807, 2.05) is 13.8 Å². The molecule has 0 saturated carbocycles. The molecule has 0 bridgehead atoms. The number of piperazine rings is 1. The van der Waals surface area contributed by atoms with Crippen molar-refractivity contribution in [3.05, 3.63) is 35.4 Å². The van der Waals surface area contributed by atoms with Gasteiger partial charge >= 0.3 is 0 Å². The van der Waals surface area contributed by atoms with Crippen molar-refractivity contribution in [3.63, 3.8) is 0 Å². The lowest BCUT2D eigenvalue weighted by molar-refractivity contribution is -0.134. The van der Waals surface area contributed by atoms with E-state index in [-0.39, 0.29) is 54.6 Å². The Hall–Kier alpha value is -1.53. The predicted molar refractivity (Wildman–Crippen MR) is 85.8 cm³/mol. The van der Waals surface area contributed by atoms with Crippen LogP contribution in [0.3, 0.4) is 0 Å². The second-order valence-electron chi connectivity index (χ2n) is 5.62. The number of carbonyl (C=O) groups is 2. The molecule has 23 heavy (non-hydrogen) atoms. The van der Waals surface area contributed by atoms with E-state index in [0.29, 0.717) is 6.54 Å². The summed E-state index contributed by atoms with van der Waals surface area (Å²) in [6, 6.07) is 3.31. The van der Waals surface area contributed by atoms with Crippen molar-refractivity contribution in [2.45, 2.75) is 38.8 Å². The van der Waals surface area contributed by atoms with Crippen LogP contribution in [0.4, 0.5) is 8.78 Å². The molecule has 0 radical (unpaired) electrons. The Balaban J connectivity index is 0.00000264. The molecule has 1 saturated heterocycles. The monoisotopic (exact) mass is 346 g/mol. The molecule has 128 valence electrons. The van der Waals surface area contributed by atoms with Gasteiger partial charge in [0.2, 0.25) is 5.91 Å². The average molecular weight is 347 g/mol. The van der Waals surface area contributed by atoms with Crippen molar-refractivity contribution < 1.29 is 18.4 Å². The van der Waals surface area contributed by atoms with Crippen LogP contribution >= 0.6 is 12.4 Å². The van der Waals surface area contributed by atoms with E-state index < -0.39 is 11.6 Å². The first-order chi connectivity index (χ1) is 10.4. The molecule has 2 unspecified atom stereocenters. The summed E-state index contributed by atoms with van der Waals surface area (Å²) in [4.78, 5) is 26.0. The lowest BCUT2D eigenvalue weighted by atomic mass is 10.0. The van der Waals surface area contributed by atoms with Crippen LogP contribution in [-0.2, 0) is 4.79 Å². The third-order valence-electron chi connectivity index (χ3n) is 4.16. The van der Waals surface area contributed by atoms with E-state index in [4.69, 9.17) is 0 Å². The van der Waals surface area contributed by atoms with E-state index in [0.717, 1.165) is 18.7 Å². The van der Waals surface area contributed by atoms with Crippen LogP contribution in [0.2, 0.25) is 0 Å². The molecule has 0 aliphatic carbocycles. The summed E-state index contributed by atoms with van der Waals surface area (Å²) in [7, 11) is 0. The number of halogens is 3. The molecular weight excluding hydrogens is 326 g/mol. The van der Waals surface area contributed by atoms with E-state index >= 15 is 0 Å². The van der Waals surface area contributed by atoms with Gasteiger partial charge in [-0.2, -0.15) is 0 Å². The van der Waals surface area contributed by atoms with E-state index in [1.165, 1.54) is 6.07 Å². The lowest BCUT2D eigenvalue weighted by Crippen LogP contribution is -2.57. The van der Waals surface area contributed by atoms with Crippen LogP contribution in [-0.4, -0.2) is 41.8 Å². The second-order valence-corrected chi connectivity index (χ2v) is 5.62. The molecule has 1 N–H and O–H groups in total. The molecule has 1 heterocycles. The lowest BCUT2D eigenvalue weighted by Gasteiger charge is -2.38. The first-order valence-electron chi connectivity index (χ1n) is 7.41. The van der Waals surface area contributed by atoms with Crippen molar-refractivity contribution in [3.8, 4) is 0 Å². The fourth-order valence-electron chi connectivity index (χ4n) is 2.59. The predicted octanol–water partition coefficient (Wildman–Crippen LogP) is 2.56.